The van der Waals surface area contributed by atoms with Crippen molar-refractivity contribution in [2.45, 2.75) is 23.6 Å². The molecule has 1 nitrogen and oxygen atoms in total. The summed E-state index contributed by atoms with van der Waals surface area (Å²) in [6, 6.07) is 10.9. The Hall–Kier alpha value is -0.301. The van der Waals surface area contributed by atoms with Gasteiger partial charge in [0.15, 0.2) is 0 Å². The minimum atomic E-state index is 0.965. The fourth-order valence-electron chi connectivity index (χ4n) is 3.04. The maximum atomic E-state index is 2.68. The second kappa shape index (κ2) is 4.91. The Morgan fingerprint density at radius 2 is 1.75 bits per heavy atom. The van der Waals surface area contributed by atoms with Gasteiger partial charge in [-0.15, -0.1) is 0 Å². The molecule has 2 atom stereocenters. The van der Waals surface area contributed by atoms with Gasteiger partial charge in [0.2, 0.25) is 0 Å². The van der Waals surface area contributed by atoms with Crippen LogP contribution in [0.25, 0.3) is 0 Å². The summed E-state index contributed by atoms with van der Waals surface area (Å²) in [5, 5.41) is 3.07. The third kappa shape index (κ3) is 2.50. The summed E-state index contributed by atoms with van der Waals surface area (Å²) in [5.41, 5.74) is 1.48. The van der Waals surface area contributed by atoms with Crippen molar-refractivity contribution in [2.75, 3.05) is 13.1 Å². The number of piperidine rings is 1. The molecule has 0 spiro atoms. The van der Waals surface area contributed by atoms with Crippen LogP contribution in [0.15, 0.2) is 30.3 Å². The van der Waals surface area contributed by atoms with Gasteiger partial charge in [-0.1, -0.05) is 0 Å². The molecule has 0 radical (unpaired) electrons. The summed E-state index contributed by atoms with van der Waals surface area (Å²) in [5.74, 6) is 2.05. The van der Waals surface area contributed by atoms with Crippen LogP contribution in [0.1, 0.15) is 12.0 Å². The third-order valence-corrected chi connectivity index (χ3v) is 6.62. The summed E-state index contributed by atoms with van der Waals surface area (Å²) in [4.78, 5) is 2.68. The SMILES string of the molecule is c1ccc(CN2CC3C[Se]CC(C3)C2)cc1. The van der Waals surface area contributed by atoms with Crippen LogP contribution in [-0.4, -0.2) is 32.9 Å². The van der Waals surface area contributed by atoms with Crippen molar-refractivity contribution in [3.63, 3.8) is 0 Å². The quantitative estimate of drug-likeness (QED) is 0.753. The molecule has 2 heterocycles. The van der Waals surface area contributed by atoms with E-state index in [1.54, 1.807) is 0 Å². The minimum absolute atomic E-state index is 0.965. The van der Waals surface area contributed by atoms with Crippen molar-refractivity contribution >= 4 is 15.0 Å². The van der Waals surface area contributed by atoms with Crippen molar-refractivity contribution in [3.8, 4) is 0 Å². The van der Waals surface area contributed by atoms with E-state index >= 15 is 0 Å². The van der Waals surface area contributed by atoms with Gasteiger partial charge in [-0.2, -0.15) is 0 Å². The number of likely N-dealkylation sites (tertiary alicyclic amines) is 1. The van der Waals surface area contributed by atoms with Crippen LogP contribution in [0.4, 0.5) is 0 Å². The van der Waals surface area contributed by atoms with Crippen molar-refractivity contribution in [3.05, 3.63) is 35.9 Å². The molecule has 2 saturated heterocycles. The van der Waals surface area contributed by atoms with Gasteiger partial charge in [-0.05, 0) is 0 Å². The molecule has 2 aliphatic heterocycles. The molecule has 0 saturated carbocycles. The van der Waals surface area contributed by atoms with E-state index in [9.17, 15) is 0 Å². The average Bonchev–Trinajstić information content (AvgIpc) is 2.30. The van der Waals surface area contributed by atoms with Crippen molar-refractivity contribution in [2.24, 2.45) is 11.8 Å². The molecule has 16 heavy (non-hydrogen) atoms. The Morgan fingerprint density at radius 1 is 1.06 bits per heavy atom. The van der Waals surface area contributed by atoms with Gasteiger partial charge in [-0.25, -0.2) is 0 Å². The van der Waals surface area contributed by atoms with Crippen LogP contribution in [-0.2, 0) is 6.54 Å². The third-order valence-electron chi connectivity index (χ3n) is 3.66. The van der Waals surface area contributed by atoms with E-state index in [4.69, 9.17) is 0 Å². The van der Waals surface area contributed by atoms with Crippen LogP contribution >= 0.6 is 0 Å². The van der Waals surface area contributed by atoms with E-state index in [1.807, 2.05) is 0 Å². The van der Waals surface area contributed by atoms with E-state index < -0.39 is 0 Å². The summed E-state index contributed by atoms with van der Waals surface area (Å²) >= 11 is 0.965. The number of rotatable bonds is 2. The molecule has 2 bridgehead atoms. The van der Waals surface area contributed by atoms with Gasteiger partial charge < -0.3 is 0 Å². The van der Waals surface area contributed by atoms with Gasteiger partial charge in [-0.3, -0.25) is 0 Å². The monoisotopic (exact) mass is 281 g/mol. The van der Waals surface area contributed by atoms with E-state index in [0.29, 0.717) is 0 Å². The zero-order chi connectivity index (χ0) is 10.8. The van der Waals surface area contributed by atoms with E-state index in [-0.39, 0.29) is 0 Å². The molecular weight excluding hydrogens is 261 g/mol. The maximum absolute atomic E-state index is 2.68. The number of benzene rings is 1. The number of fused-ring (bicyclic) bond motifs is 2. The van der Waals surface area contributed by atoms with Crippen LogP contribution in [0.5, 0.6) is 0 Å². The standard InChI is InChI=1S/C14H19NSe/c1-2-4-12(5-3-1)7-15-8-13-6-14(9-15)11-16-10-13/h1-5,13-14H,6-11H2. The first-order chi connectivity index (χ1) is 7.90. The molecule has 0 aromatic heterocycles. The van der Waals surface area contributed by atoms with Crippen molar-refractivity contribution in [1.82, 2.24) is 4.90 Å². The van der Waals surface area contributed by atoms with Crippen molar-refractivity contribution in [1.29, 1.82) is 0 Å². The predicted molar refractivity (Wildman–Crippen MR) is 68.7 cm³/mol. The number of hydrogen-bond donors (Lipinski definition) is 0. The molecule has 2 heteroatoms. The van der Waals surface area contributed by atoms with Crippen molar-refractivity contribution < 1.29 is 0 Å². The van der Waals surface area contributed by atoms with Gasteiger partial charge in [0.05, 0.1) is 0 Å². The van der Waals surface area contributed by atoms with Crippen LogP contribution in [0.3, 0.4) is 0 Å². The van der Waals surface area contributed by atoms with Gasteiger partial charge in [0, 0.05) is 0 Å². The topological polar surface area (TPSA) is 3.24 Å². The molecular formula is C14H19NSe. The van der Waals surface area contributed by atoms with E-state index in [0.717, 1.165) is 26.8 Å². The van der Waals surface area contributed by atoms with Crippen LogP contribution in [0, 0.1) is 11.8 Å². The first-order valence-electron chi connectivity index (χ1n) is 6.24. The Labute approximate surface area is 104 Å². The second-order valence-electron chi connectivity index (χ2n) is 5.18. The molecule has 86 valence electrons. The average molecular weight is 280 g/mol. The number of hydrogen-bond acceptors (Lipinski definition) is 1. The van der Waals surface area contributed by atoms with Crippen LogP contribution < -0.4 is 0 Å². The summed E-state index contributed by atoms with van der Waals surface area (Å²) in [6.07, 6.45) is 1.52. The van der Waals surface area contributed by atoms with E-state index in [2.05, 4.69) is 35.2 Å². The van der Waals surface area contributed by atoms with Gasteiger partial charge in [0.1, 0.15) is 0 Å². The summed E-state index contributed by atoms with van der Waals surface area (Å²) in [6.45, 7) is 3.88. The zero-order valence-electron chi connectivity index (χ0n) is 9.64. The molecule has 1 aromatic rings. The molecule has 3 rings (SSSR count). The Bertz CT molecular complexity index is 326. The number of nitrogens with zero attached hydrogens (tertiary/aromatic N) is 1. The molecule has 0 N–H and O–H groups in total. The zero-order valence-corrected chi connectivity index (χ0v) is 11.4. The molecule has 0 aliphatic carbocycles. The van der Waals surface area contributed by atoms with E-state index in [1.165, 1.54) is 42.3 Å². The molecule has 0 amide bonds. The predicted octanol–water partition coefficient (Wildman–Crippen LogP) is 2.68. The molecule has 2 unspecified atom stereocenters. The fourth-order valence-corrected chi connectivity index (χ4v) is 5.74. The van der Waals surface area contributed by atoms with Gasteiger partial charge >= 0.3 is 104 Å². The Kier molecular flexibility index (Phi) is 3.32. The van der Waals surface area contributed by atoms with Crippen LogP contribution in [0.2, 0.25) is 10.6 Å². The first kappa shape index (κ1) is 10.8. The first-order valence-corrected chi connectivity index (χ1v) is 8.66. The fraction of sp³-hybridized carbons (Fsp3) is 0.571. The summed E-state index contributed by atoms with van der Waals surface area (Å²) in [7, 11) is 0. The summed E-state index contributed by atoms with van der Waals surface area (Å²) < 4.78 is 0. The second-order valence-corrected chi connectivity index (χ2v) is 7.44. The molecule has 1 aromatic carbocycles. The molecule has 2 aliphatic rings. The Morgan fingerprint density at radius 3 is 2.44 bits per heavy atom. The Balaban J connectivity index is 1.63. The molecule has 2 fully saturated rings. The van der Waals surface area contributed by atoms with Gasteiger partial charge in [0.25, 0.3) is 0 Å². The normalized spacial score (nSPS) is 30.2.